The molecule has 2 N–H and O–H groups in total. The highest BCUT2D eigenvalue weighted by atomic mass is 16.5. The molecule has 0 amide bonds. The van der Waals surface area contributed by atoms with E-state index in [0.717, 1.165) is 22.8 Å². The Bertz CT molecular complexity index is 735. The molecule has 0 fully saturated rings. The highest BCUT2D eigenvalue weighted by Crippen LogP contribution is 2.26. The fourth-order valence-electron chi connectivity index (χ4n) is 2.20. The molecule has 2 aromatic carbocycles. The van der Waals surface area contributed by atoms with Crippen molar-refractivity contribution in [1.82, 2.24) is 9.78 Å². The van der Waals surface area contributed by atoms with Gasteiger partial charge in [0.15, 0.2) is 0 Å². The fourth-order valence-corrected chi connectivity index (χ4v) is 2.20. The van der Waals surface area contributed by atoms with E-state index >= 15 is 0 Å². The molecule has 0 saturated heterocycles. The minimum atomic E-state index is 0.586. The summed E-state index contributed by atoms with van der Waals surface area (Å²) in [6, 6.07) is 19.5. The van der Waals surface area contributed by atoms with Crippen LogP contribution in [0.1, 0.15) is 11.3 Å². The minimum Gasteiger partial charge on any atom is -0.457 e. The number of nitrogens with two attached hydrogens (primary N) is 1. The third-order valence-corrected chi connectivity index (χ3v) is 3.20. The molecule has 0 atom stereocenters. The highest BCUT2D eigenvalue weighted by molar-refractivity contribution is 5.39. The van der Waals surface area contributed by atoms with Gasteiger partial charge in [-0.25, -0.2) is 4.68 Å². The quantitative estimate of drug-likeness (QED) is 0.793. The van der Waals surface area contributed by atoms with Gasteiger partial charge < -0.3 is 10.5 Å². The van der Waals surface area contributed by atoms with Crippen LogP contribution in [0, 0.1) is 6.92 Å². The van der Waals surface area contributed by atoms with Crippen molar-refractivity contribution in [2.24, 2.45) is 0 Å². The lowest BCUT2D eigenvalue weighted by molar-refractivity contribution is 0.472. The van der Waals surface area contributed by atoms with Crippen LogP contribution in [0.25, 0.3) is 0 Å². The number of ether oxygens (including phenoxy) is 1. The van der Waals surface area contributed by atoms with Crippen molar-refractivity contribution in [3.05, 3.63) is 71.9 Å². The SMILES string of the molecule is Cc1cc(N)n(Cc2ccccc2Oc2ccccc2)n1. The Morgan fingerprint density at radius 1 is 1.05 bits per heavy atom. The topological polar surface area (TPSA) is 53.1 Å². The summed E-state index contributed by atoms with van der Waals surface area (Å²) in [7, 11) is 0. The molecule has 3 rings (SSSR count). The zero-order valence-corrected chi connectivity index (χ0v) is 11.9. The van der Waals surface area contributed by atoms with E-state index in [2.05, 4.69) is 5.10 Å². The molecule has 0 bridgehead atoms. The highest BCUT2D eigenvalue weighted by Gasteiger charge is 2.08. The van der Waals surface area contributed by atoms with Gasteiger partial charge in [-0.1, -0.05) is 36.4 Å². The maximum absolute atomic E-state index is 5.95. The summed E-state index contributed by atoms with van der Waals surface area (Å²) in [6.07, 6.45) is 0. The average Bonchev–Trinajstić information content (AvgIpc) is 2.80. The number of benzene rings is 2. The summed E-state index contributed by atoms with van der Waals surface area (Å²) < 4.78 is 7.73. The molecule has 21 heavy (non-hydrogen) atoms. The number of rotatable bonds is 4. The van der Waals surface area contributed by atoms with Crippen LogP contribution in [0.15, 0.2) is 60.7 Å². The van der Waals surface area contributed by atoms with Crippen LogP contribution in [0.4, 0.5) is 5.82 Å². The number of aromatic nitrogens is 2. The first-order chi connectivity index (χ1) is 10.2. The van der Waals surface area contributed by atoms with Gasteiger partial charge in [-0.05, 0) is 25.1 Å². The largest absolute Gasteiger partial charge is 0.457 e. The normalized spacial score (nSPS) is 10.5. The minimum absolute atomic E-state index is 0.586. The second kappa shape index (κ2) is 5.71. The Labute approximate surface area is 123 Å². The molecule has 1 heterocycles. The molecule has 0 aliphatic rings. The molecular weight excluding hydrogens is 262 g/mol. The number of para-hydroxylation sites is 2. The predicted octanol–water partition coefficient (Wildman–Crippen LogP) is 3.61. The lowest BCUT2D eigenvalue weighted by Gasteiger charge is -2.12. The Morgan fingerprint density at radius 3 is 2.48 bits per heavy atom. The Kier molecular flexibility index (Phi) is 3.60. The van der Waals surface area contributed by atoms with Crippen LogP contribution in [0.3, 0.4) is 0 Å². The van der Waals surface area contributed by atoms with Gasteiger partial charge in [0.2, 0.25) is 0 Å². The van der Waals surface area contributed by atoms with E-state index in [9.17, 15) is 0 Å². The molecule has 0 aliphatic carbocycles. The van der Waals surface area contributed by atoms with Crippen LogP contribution in [0.2, 0.25) is 0 Å². The van der Waals surface area contributed by atoms with Crippen LogP contribution in [0.5, 0.6) is 11.5 Å². The molecule has 0 unspecified atom stereocenters. The van der Waals surface area contributed by atoms with E-state index in [1.807, 2.05) is 67.6 Å². The number of hydrogen-bond donors (Lipinski definition) is 1. The molecule has 4 nitrogen and oxygen atoms in total. The van der Waals surface area contributed by atoms with E-state index < -0.39 is 0 Å². The maximum atomic E-state index is 5.95. The lowest BCUT2D eigenvalue weighted by atomic mass is 10.2. The zero-order valence-electron chi connectivity index (χ0n) is 11.9. The summed E-state index contributed by atoms with van der Waals surface area (Å²) >= 11 is 0. The Hall–Kier alpha value is -2.75. The third kappa shape index (κ3) is 3.05. The summed E-state index contributed by atoms with van der Waals surface area (Å²) in [5, 5.41) is 4.39. The van der Waals surface area contributed by atoms with Gasteiger partial charge in [0, 0.05) is 11.6 Å². The molecule has 3 aromatic rings. The monoisotopic (exact) mass is 279 g/mol. The standard InChI is InChI=1S/C17H17N3O/c1-13-11-17(18)20(19-13)12-14-7-5-6-10-16(14)21-15-8-3-2-4-9-15/h2-11H,12,18H2,1H3. The molecule has 4 heteroatoms. The van der Waals surface area contributed by atoms with Gasteiger partial charge in [0.1, 0.15) is 17.3 Å². The lowest BCUT2D eigenvalue weighted by Crippen LogP contribution is -2.06. The van der Waals surface area contributed by atoms with Gasteiger partial charge in [0.25, 0.3) is 0 Å². The number of hydrogen-bond acceptors (Lipinski definition) is 3. The third-order valence-electron chi connectivity index (χ3n) is 3.20. The van der Waals surface area contributed by atoms with Crippen molar-refractivity contribution in [2.45, 2.75) is 13.5 Å². The second-order valence-corrected chi connectivity index (χ2v) is 4.89. The first-order valence-electron chi connectivity index (χ1n) is 6.83. The van der Waals surface area contributed by atoms with E-state index in [1.165, 1.54) is 0 Å². The molecule has 1 aromatic heterocycles. The van der Waals surface area contributed by atoms with Crippen molar-refractivity contribution in [1.29, 1.82) is 0 Å². The zero-order chi connectivity index (χ0) is 14.7. The van der Waals surface area contributed by atoms with Crippen LogP contribution in [-0.2, 0) is 6.54 Å². The molecule has 0 saturated carbocycles. The number of aryl methyl sites for hydroxylation is 1. The van der Waals surface area contributed by atoms with Gasteiger partial charge in [-0.3, -0.25) is 0 Å². The fraction of sp³-hybridized carbons (Fsp3) is 0.118. The average molecular weight is 279 g/mol. The van der Waals surface area contributed by atoms with Crippen molar-refractivity contribution in [3.8, 4) is 11.5 Å². The van der Waals surface area contributed by atoms with Gasteiger partial charge in [-0.2, -0.15) is 5.10 Å². The van der Waals surface area contributed by atoms with Crippen LogP contribution in [-0.4, -0.2) is 9.78 Å². The Balaban J connectivity index is 1.87. The molecule has 0 radical (unpaired) electrons. The molecule has 106 valence electrons. The van der Waals surface area contributed by atoms with Crippen molar-refractivity contribution in [2.75, 3.05) is 5.73 Å². The van der Waals surface area contributed by atoms with E-state index in [-0.39, 0.29) is 0 Å². The van der Waals surface area contributed by atoms with Gasteiger partial charge in [-0.15, -0.1) is 0 Å². The first kappa shape index (κ1) is 13.2. The van der Waals surface area contributed by atoms with Crippen molar-refractivity contribution in [3.63, 3.8) is 0 Å². The smallest absolute Gasteiger partial charge is 0.132 e. The summed E-state index contributed by atoms with van der Waals surface area (Å²) in [5.41, 5.74) is 7.90. The van der Waals surface area contributed by atoms with E-state index in [0.29, 0.717) is 12.4 Å². The summed E-state index contributed by atoms with van der Waals surface area (Å²) in [5.74, 6) is 2.29. The second-order valence-electron chi connectivity index (χ2n) is 4.89. The molecule has 0 aliphatic heterocycles. The predicted molar refractivity (Wildman–Crippen MR) is 83.4 cm³/mol. The number of nitrogens with zero attached hydrogens (tertiary/aromatic N) is 2. The Morgan fingerprint density at radius 2 is 1.76 bits per heavy atom. The maximum Gasteiger partial charge on any atom is 0.132 e. The van der Waals surface area contributed by atoms with E-state index in [1.54, 1.807) is 4.68 Å². The summed E-state index contributed by atoms with van der Waals surface area (Å²) in [4.78, 5) is 0. The van der Waals surface area contributed by atoms with Crippen LogP contribution < -0.4 is 10.5 Å². The number of nitrogen functional groups attached to an aromatic ring is 1. The van der Waals surface area contributed by atoms with E-state index in [4.69, 9.17) is 10.5 Å². The summed E-state index contributed by atoms with van der Waals surface area (Å²) in [6.45, 7) is 2.52. The van der Waals surface area contributed by atoms with Crippen LogP contribution >= 0.6 is 0 Å². The van der Waals surface area contributed by atoms with Gasteiger partial charge in [0.05, 0.1) is 12.2 Å². The van der Waals surface area contributed by atoms with Gasteiger partial charge >= 0.3 is 0 Å². The molecular formula is C17H17N3O. The van der Waals surface area contributed by atoms with Crippen molar-refractivity contribution >= 4 is 5.82 Å². The number of anilines is 1. The van der Waals surface area contributed by atoms with Crippen molar-refractivity contribution < 1.29 is 4.74 Å². The first-order valence-corrected chi connectivity index (χ1v) is 6.83. The molecule has 0 spiro atoms.